The molecule has 0 saturated carbocycles. The van der Waals surface area contributed by atoms with Crippen molar-refractivity contribution in [3.63, 3.8) is 0 Å². The van der Waals surface area contributed by atoms with Gasteiger partial charge in [-0.15, -0.1) is 0 Å². The molecule has 1 amide bonds. The summed E-state index contributed by atoms with van der Waals surface area (Å²) in [6.07, 6.45) is -2.01. The van der Waals surface area contributed by atoms with Gasteiger partial charge in [0.25, 0.3) is 0 Å². The highest BCUT2D eigenvalue weighted by atomic mass is 19.1. The van der Waals surface area contributed by atoms with Crippen molar-refractivity contribution in [2.45, 2.75) is 49.2 Å². The summed E-state index contributed by atoms with van der Waals surface area (Å²) in [7, 11) is 0. The average molecular weight is 459 g/mol. The maximum Gasteiger partial charge on any atom is 0.229 e. The molecule has 0 aromatic carbocycles. The van der Waals surface area contributed by atoms with Gasteiger partial charge in [0.15, 0.2) is 0 Å². The summed E-state index contributed by atoms with van der Waals surface area (Å²) in [5.41, 5.74) is 9.18. The highest BCUT2D eigenvalue weighted by molar-refractivity contribution is 5.81. The average Bonchev–Trinajstić information content (AvgIpc) is 3.41. The number of carbonyl (C=O) groups excluding carboxylic acids is 1. The lowest BCUT2D eigenvalue weighted by Gasteiger charge is -2.47. The first-order valence-electron chi connectivity index (χ1n) is 11.9. The van der Waals surface area contributed by atoms with E-state index in [0.29, 0.717) is 12.6 Å². The Hall–Kier alpha value is -0.990. The van der Waals surface area contributed by atoms with Crippen LogP contribution in [0.1, 0.15) is 6.42 Å². The van der Waals surface area contributed by atoms with E-state index in [-0.39, 0.29) is 43.8 Å². The summed E-state index contributed by atoms with van der Waals surface area (Å²) in [5.74, 6) is -0.808. The number of hydrogen-bond acceptors (Lipinski definition) is 9. The van der Waals surface area contributed by atoms with E-state index >= 15 is 4.39 Å². The van der Waals surface area contributed by atoms with Gasteiger partial charge >= 0.3 is 0 Å². The molecule has 5 fully saturated rings. The number of nitrogens with two attached hydrogens (primary N) is 1. The molecule has 6 N–H and O–H groups in total. The Labute approximate surface area is 187 Å². The Balaban J connectivity index is 1.22. The zero-order valence-corrected chi connectivity index (χ0v) is 18.4. The van der Waals surface area contributed by atoms with Gasteiger partial charge in [0, 0.05) is 65.0 Å². The third-order valence-electron chi connectivity index (χ3n) is 7.63. The van der Waals surface area contributed by atoms with Gasteiger partial charge in [0.05, 0.1) is 36.9 Å². The Morgan fingerprint density at radius 1 is 1.09 bits per heavy atom. The standard InChI is InChI=1S/C20H36F2N8O2/c21-12-7-25-19-16(18(23)27-30(19)10-12)20(31)26-15-9-24-8-14(22)17(15)29-4-2-28(3-5-29)13-1-6-32-11-13/h12-19,24-25,27H,1-11,23H2,(H,26,31). The molecule has 0 aromatic heterocycles. The van der Waals surface area contributed by atoms with E-state index in [1.807, 2.05) is 0 Å². The smallest absolute Gasteiger partial charge is 0.229 e. The number of ether oxygens (including phenoxy) is 1. The molecule has 5 rings (SSSR count). The second-order valence-corrected chi connectivity index (χ2v) is 9.65. The number of halogens is 2. The van der Waals surface area contributed by atoms with Crippen LogP contribution in [0.5, 0.6) is 0 Å². The van der Waals surface area contributed by atoms with Gasteiger partial charge in [-0.2, -0.15) is 0 Å². The largest absolute Gasteiger partial charge is 0.380 e. The van der Waals surface area contributed by atoms with E-state index in [9.17, 15) is 9.18 Å². The second kappa shape index (κ2) is 9.71. The quantitative estimate of drug-likeness (QED) is 0.305. The fraction of sp³-hybridized carbons (Fsp3) is 0.950. The monoisotopic (exact) mass is 458 g/mol. The maximum atomic E-state index is 15.1. The molecule has 5 aliphatic rings. The van der Waals surface area contributed by atoms with E-state index in [4.69, 9.17) is 10.5 Å². The number of hydrogen-bond donors (Lipinski definition) is 5. The van der Waals surface area contributed by atoms with Crippen molar-refractivity contribution in [2.24, 2.45) is 11.7 Å². The van der Waals surface area contributed by atoms with Crippen LogP contribution < -0.4 is 27.1 Å². The van der Waals surface area contributed by atoms with Crippen LogP contribution in [0.15, 0.2) is 0 Å². The van der Waals surface area contributed by atoms with Crippen LogP contribution in [0, 0.1) is 5.92 Å². The van der Waals surface area contributed by atoms with Crippen molar-refractivity contribution in [1.82, 2.24) is 36.2 Å². The van der Waals surface area contributed by atoms with Crippen LogP contribution in [0.25, 0.3) is 0 Å². The summed E-state index contributed by atoms with van der Waals surface area (Å²) in [4.78, 5) is 17.9. The molecular formula is C20H36F2N8O2. The Kier molecular flexibility index (Phi) is 6.91. The summed E-state index contributed by atoms with van der Waals surface area (Å²) < 4.78 is 34.3. The normalized spacial score (nSPS) is 44.5. The van der Waals surface area contributed by atoms with E-state index in [1.165, 1.54) is 0 Å². The van der Waals surface area contributed by atoms with Gasteiger partial charge in [-0.3, -0.25) is 19.9 Å². The molecule has 5 heterocycles. The fourth-order valence-corrected chi connectivity index (χ4v) is 5.96. The van der Waals surface area contributed by atoms with Crippen LogP contribution in [-0.4, -0.2) is 129 Å². The molecule has 0 spiro atoms. The van der Waals surface area contributed by atoms with Crippen molar-refractivity contribution < 1.29 is 18.3 Å². The number of rotatable bonds is 4. The number of nitrogens with one attached hydrogen (secondary N) is 4. The third-order valence-corrected chi connectivity index (χ3v) is 7.63. The molecular weight excluding hydrogens is 422 g/mol. The summed E-state index contributed by atoms with van der Waals surface area (Å²) in [6.45, 7) is 6.08. The van der Waals surface area contributed by atoms with Crippen molar-refractivity contribution in [2.75, 3.05) is 65.6 Å². The Morgan fingerprint density at radius 2 is 1.88 bits per heavy atom. The van der Waals surface area contributed by atoms with Gasteiger partial charge in [-0.05, 0) is 6.42 Å². The van der Waals surface area contributed by atoms with Crippen LogP contribution in [0.2, 0.25) is 0 Å². The molecule has 0 bridgehead atoms. The number of nitrogens with zero attached hydrogens (tertiary/aromatic N) is 3. The molecule has 12 heteroatoms. The lowest BCUT2D eigenvalue weighted by Crippen LogP contribution is -2.68. The summed E-state index contributed by atoms with van der Waals surface area (Å²) in [5, 5.41) is 10.9. The van der Waals surface area contributed by atoms with Crippen molar-refractivity contribution in [3.8, 4) is 0 Å². The molecule has 0 aromatic rings. The first-order chi connectivity index (χ1) is 15.5. The van der Waals surface area contributed by atoms with Crippen molar-refractivity contribution in [3.05, 3.63) is 0 Å². The van der Waals surface area contributed by atoms with Crippen molar-refractivity contribution >= 4 is 5.91 Å². The molecule has 5 saturated heterocycles. The lowest BCUT2D eigenvalue weighted by molar-refractivity contribution is -0.128. The number of fused-ring (bicyclic) bond motifs is 1. The minimum atomic E-state index is -1.07. The van der Waals surface area contributed by atoms with Crippen LogP contribution >= 0.6 is 0 Å². The van der Waals surface area contributed by atoms with Gasteiger partial charge in [-0.1, -0.05) is 0 Å². The number of piperidine rings is 1. The number of carbonyl (C=O) groups is 1. The van der Waals surface area contributed by atoms with Crippen LogP contribution in [0.4, 0.5) is 8.78 Å². The number of piperazine rings is 1. The predicted molar refractivity (Wildman–Crippen MR) is 114 cm³/mol. The molecule has 8 atom stereocenters. The molecule has 0 aliphatic carbocycles. The van der Waals surface area contributed by atoms with E-state index < -0.39 is 24.4 Å². The highest BCUT2D eigenvalue weighted by Gasteiger charge is 2.48. The molecule has 0 radical (unpaired) electrons. The molecule has 182 valence electrons. The molecule has 10 nitrogen and oxygen atoms in total. The van der Waals surface area contributed by atoms with Crippen LogP contribution in [0.3, 0.4) is 0 Å². The first kappa shape index (κ1) is 22.8. The van der Waals surface area contributed by atoms with E-state index in [2.05, 4.69) is 31.2 Å². The molecule has 5 aliphatic heterocycles. The SMILES string of the molecule is NC1NN2CC(F)CNC2C1C(=O)NC1CNCC(F)C1N1CCN(C2CCOC2)CC1. The minimum absolute atomic E-state index is 0.186. The predicted octanol–water partition coefficient (Wildman–Crippen LogP) is -2.82. The van der Waals surface area contributed by atoms with Gasteiger partial charge in [-0.25, -0.2) is 19.2 Å². The topological polar surface area (TPSA) is 110 Å². The zero-order chi connectivity index (χ0) is 22.2. The summed E-state index contributed by atoms with van der Waals surface area (Å²) in [6, 6.07) is -0.266. The van der Waals surface area contributed by atoms with Gasteiger partial charge < -0.3 is 21.1 Å². The second-order valence-electron chi connectivity index (χ2n) is 9.65. The number of hydrazine groups is 1. The van der Waals surface area contributed by atoms with Gasteiger partial charge in [0.1, 0.15) is 12.3 Å². The Bertz CT molecular complexity index is 664. The third kappa shape index (κ3) is 4.51. The number of alkyl halides is 2. The lowest BCUT2D eigenvalue weighted by atomic mass is 9.94. The maximum absolute atomic E-state index is 15.1. The zero-order valence-electron chi connectivity index (χ0n) is 18.4. The number of amides is 1. The summed E-state index contributed by atoms with van der Waals surface area (Å²) >= 11 is 0. The highest BCUT2D eigenvalue weighted by Crippen LogP contribution is 2.24. The fourth-order valence-electron chi connectivity index (χ4n) is 5.96. The van der Waals surface area contributed by atoms with E-state index in [0.717, 1.165) is 45.8 Å². The molecule has 32 heavy (non-hydrogen) atoms. The van der Waals surface area contributed by atoms with Gasteiger partial charge in [0.2, 0.25) is 5.91 Å². The van der Waals surface area contributed by atoms with Crippen molar-refractivity contribution in [1.29, 1.82) is 0 Å². The Morgan fingerprint density at radius 3 is 2.62 bits per heavy atom. The first-order valence-corrected chi connectivity index (χ1v) is 11.9. The van der Waals surface area contributed by atoms with Crippen LogP contribution in [-0.2, 0) is 9.53 Å². The minimum Gasteiger partial charge on any atom is -0.380 e. The molecule has 8 unspecified atom stereocenters. The van der Waals surface area contributed by atoms with E-state index in [1.54, 1.807) is 5.01 Å².